The summed E-state index contributed by atoms with van der Waals surface area (Å²) in [4.78, 5) is 14.2. The smallest absolute Gasteiger partial charge is 0.254 e. The molecule has 1 amide bonds. The zero-order valence-corrected chi connectivity index (χ0v) is 11.8. The van der Waals surface area contributed by atoms with Crippen LogP contribution in [-0.2, 0) is 0 Å². The second-order valence-electron chi connectivity index (χ2n) is 4.40. The minimum absolute atomic E-state index is 0.00704. The molecule has 0 atom stereocenters. The van der Waals surface area contributed by atoms with Gasteiger partial charge in [-0.2, -0.15) is 0 Å². The standard InChI is InChI=1S/C14H18ClNO3/c1-2-3-7-16(8-6-15)14(17)11-4-5-12-13(9-11)19-10-18-12/h4-5,9H,2-3,6-8,10H2,1H3. The quantitative estimate of drug-likeness (QED) is 0.754. The summed E-state index contributed by atoms with van der Waals surface area (Å²) >= 11 is 5.76. The van der Waals surface area contributed by atoms with Crippen LogP contribution >= 0.6 is 11.6 Å². The number of halogens is 1. The Morgan fingerprint density at radius 1 is 1.32 bits per heavy atom. The van der Waals surface area contributed by atoms with Crippen LogP contribution in [-0.4, -0.2) is 36.6 Å². The van der Waals surface area contributed by atoms with Gasteiger partial charge in [-0.15, -0.1) is 11.6 Å². The van der Waals surface area contributed by atoms with E-state index in [2.05, 4.69) is 6.92 Å². The lowest BCUT2D eigenvalue weighted by molar-refractivity contribution is 0.0763. The van der Waals surface area contributed by atoms with Gasteiger partial charge in [-0.3, -0.25) is 4.79 Å². The van der Waals surface area contributed by atoms with Crippen LogP contribution < -0.4 is 9.47 Å². The fourth-order valence-electron chi connectivity index (χ4n) is 1.98. The highest BCUT2D eigenvalue weighted by Crippen LogP contribution is 2.32. The van der Waals surface area contributed by atoms with Crippen LogP contribution in [0.4, 0.5) is 0 Å². The minimum atomic E-state index is -0.00704. The summed E-state index contributed by atoms with van der Waals surface area (Å²) in [6.45, 7) is 3.61. The molecule has 0 radical (unpaired) electrons. The van der Waals surface area contributed by atoms with Crippen molar-refractivity contribution in [3.8, 4) is 11.5 Å². The van der Waals surface area contributed by atoms with Crippen molar-refractivity contribution in [3.05, 3.63) is 23.8 Å². The molecule has 0 unspecified atom stereocenters. The molecule has 0 N–H and O–H groups in total. The summed E-state index contributed by atoms with van der Waals surface area (Å²) in [5, 5.41) is 0. The van der Waals surface area contributed by atoms with E-state index in [0.717, 1.165) is 19.4 Å². The SMILES string of the molecule is CCCCN(CCCl)C(=O)c1ccc2c(c1)OCO2. The lowest BCUT2D eigenvalue weighted by Crippen LogP contribution is -2.33. The summed E-state index contributed by atoms with van der Waals surface area (Å²) in [5.41, 5.74) is 0.616. The molecule has 2 rings (SSSR count). The number of amides is 1. The number of fused-ring (bicyclic) bond motifs is 1. The Bertz CT molecular complexity index is 450. The van der Waals surface area contributed by atoms with Crippen molar-refractivity contribution >= 4 is 17.5 Å². The number of ether oxygens (including phenoxy) is 2. The number of carbonyl (C=O) groups excluding carboxylic acids is 1. The molecular weight excluding hydrogens is 266 g/mol. The summed E-state index contributed by atoms with van der Waals surface area (Å²) in [6.07, 6.45) is 2.03. The number of rotatable bonds is 6. The number of alkyl halides is 1. The summed E-state index contributed by atoms with van der Waals surface area (Å²) in [7, 11) is 0. The molecule has 1 aromatic carbocycles. The highest BCUT2D eigenvalue weighted by atomic mass is 35.5. The first-order valence-corrected chi connectivity index (χ1v) is 7.04. The van der Waals surface area contributed by atoms with Crippen LogP contribution in [0.25, 0.3) is 0 Å². The zero-order chi connectivity index (χ0) is 13.7. The Balaban J connectivity index is 2.11. The largest absolute Gasteiger partial charge is 0.454 e. The van der Waals surface area contributed by atoms with Crippen LogP contribution in [0, 0.1) is 0 Å². The average molecular weight is 284 g/mol. The van der Waals surface area contributed by atoms with Crippen molar-refractivity contribution in [2.75, 3.05) is 25.8 Å². The number of hydrogen-bond acceptors (Lipinski definition) is 3. The molecule has 5 heteroatoms. The molecule has 19 heavy (non-hydrogen) atoms. The van der Waals surface area contributed by atoms with Gasteiger partial charge in [-0.1, -0.05) is 13.3 Å². The van der Waals surface area contributed by atoms with Crippen molar-refractivity contribution in [1.29, 1.82) is 0 Å². The molecule has 0 bridgehead atoms. The second-order valence-corrected chi connectivity index (χ2v) is 4.78. The van der Waals surface area contributed by atoms with Crippen molar-refractivity contribution in [1.82, 2.24) is 4.90 Å². The van der Waals surface area contributed by atoms with E-state index in [9.17, 15) is 4.79 Å². The van der Waals surface area contributed by atoms with Gasteiger partial charge in [0.25, 0.3) is 5.91 Å². The van der Waals surface area contributed by atoms with Gasteiger partial charge >= 0.3 is 0 Å². The maximum atomic E-state index is 12.4. The van der Waals surface area contributed by atoms with E-state index in [0.29, 0.717) is 29.5 Å². The Hall–Kier alpha value is -1.42. The first-order chi connectivity index (χ1) is 9.26. The molecular formula is C14H18ClNO3. The molecule has 1 heterocycles. The van der Waals surface area contributed by atoms with Crippen molar-refractivity contribution in [2.45, 2.75) is 19.8 Å². The molecule has 4 nitrogen and oxygen atoms in total. The van der Waals surface area contributed by atoms with Gasteiger partial charge < -0.3 is 14.4 Å². The Kier molecular flexibility index (Phi) is 4.91. The van der Waals surface area contributed by atoms with Gasteiger partial charge in [0.05, 0.1) is 0 Å². The van der Waals surface area contributed by atoms with E-state index in [-0.39, 0.29) is 12.7 Å². The molecule has 0 aliphatic carbocycles. The Labute approximate surface area is 118 Å². The number of nitrogens with zero attached hydrogens (tertiary/aromatic N) is 1. The van der Waals surface area contributed by atoms with Crippen LogP contribution in [0.15, 0.2) is 18.2 Å². The lowest BCUT2D eigenvalue weighted by atomic mass is 10.1. The highest BCUT2D eigenvalue weighted by Gasteiger charge is 2.19. The van der Waals surface area contributed by atoms with Crippen LogP contribution in [0.1, 0.15) is 30.1 Å². The van der Waals surface area contributed by atoms with Crippen molar-refractivity contribution in [3.63, 3.8) is 0 Å². The molecule has 1 aliphatic rings. The first-order valence-electron chi connectivity index (χ1n) is 6.51. The third kappa shape index (κ3) is 3.32. The fraction of sp³-hybridized carbons (Fsp3) is 0.500. The third-order valence-electron chi connectivity index (χ3n) is 3.04. The average Bonchev–Trinajstić information content (AvgIpc) is 2.90. The van der Waals surface area contributed by atoms with E-state index in [1.54, 1.807) is 23.1 Å². The summed E-state index contributed by atoms with van der Waals surface area (Å²) in [5.74, 6) is 1.76. The van der Waals surface area contributed by atoms with Gasteiger partial charge in [-0.05, 0) is 24.6 Å². The molecule has 1 aliphatic heterocycles. The molecule has 0 aromatic heterocycles. The van der Waals surface area contributed by atoms with Crippen LogP contribution in [0.2, 0.25) is 0 Å². The van der Waals surface area contributed by atoms with Gasteiger partial charge in [0.2, 0.25) is 6.79 Å². The predicted octanol–water partition coefficient (Wildman–Crippen LogP) is 2.90. The Morgan fingerprint density at radius 2 is 2.11 bits per heavy atom. The maximum Gasteiger partial charge on any atom is 0.254 e. The van der Waals surface area contributed by atoms with Crippen LogP contribution in [0.3, 0.4) is 0 Å². The van der Waals surface area contributed by atoms with E-state index in [1.807, 2.05) is 0 Å². The minimum Gasteiger partial charge on any atom is -0.454 e. The fourth-order valence-corrected chi connectivity index (χ4v) is 2.18. The van der Waals surface area contributed by atoms with E-state index in [4.69, 9.17) is 21.1 Å². The topological polar surface area (TPSA) is 38.8 Å². The van der Waals surface area contributed by atoms with Gasteiger partial charge in [0.1, 0.15) is 0 Å². The van der Waals surface area contributed by atoms with Crippen molar-refractivity contribution < 1.29 is 14.3 Å². The van der Waals surface area contributed by atoms with Gasteiger partial charge in [0, 0.05) is 24.5 Å². The lowest BCUT2D eigenvalue weighted by Gasteiger charge is -2.21. The summed E-state index contributed by atoms with van der Waals surface area (Å²) < 4.78 is 10.5. The number of hydrogen-bond donors (Lipinski definition) is 0. The molecule has 104 valence electrons. The predicted molar refractivity (Wildman–Crippen MR) is 74.1 cm³/mol. The number of benzene rings is 1. The first kappa shape index (κ1) is 14.0. The molecule has 0 saturated heterocycles. The highest BCUT2D eigenvalue weighted by molar-refractivity contribution is 6.18. The van der Waals surface area contributed by atoms with E-state index >= 15 is 0 Å². The second kappa shape index (κ2) is 6.66. The number of carbonyl (C=O) groups is 1. The molecule has 1 aromatic rings. The van der Waals surface area contributed by atoms with Crippen molar-refractivity contribution in [2.24, 2.45) is 0 Å². The van der Waals surface area contributed by atoms with E-state index in [1.165, 1.54) is 0 Å². The Morgan fingerprint density at radius 3 is 2.84 bits per heavy atom. The van der Waals surface area contributed by atoms with Crippen LogP contribution in [0.5, 0.6) is 11.5 Å². The molecule has 0 fully saturated rings. The maximum absolute atomic E-state index is 12.4. The molecule has 0 spiro atoms. The van der Waals surface area contributed by atoms with Gasteiger partial charge in [-0.25, -0.2) is 0 Å². The van der Waals surface area contributed by atoms with E-state index < -0.39 is 0 Å². The number of unbranched alkanes of at least 4 members (excludes halogenated alkanes) is 1. The summed E-state index contributed by atoms with van der Waals surface area (Å²) in [6, 6.07) is 5.27. The zero-order valence-electron chi connectivity index (χ0n) is 11.0. The van der Waals surface area contributed by atoms with Gasteiger partial charge in [0.15, 0.2) is 11.5 Å². The third-order valence-corrected chi connectivity index (χ3v) is 3.21. The normalized spacial score (nSPS) is 12.5. The monoisotopic (exact) mass is 283 g/mol. The molecule has 0 saturated carbocycles.